The van der Waals surface area contributed by atoms with Gasteiger partial charge < -0.3 is 5.32 Å². The molecule has 2 rings (SSSR count). The highest BCUT2D eigenvalue weighted by Crippen LogP contribution is 2.23. The number of hydrogen-bond acceptors (Lipinski definition) is 3. The van der Waals surface area contributed by atoms with Crippen LogP contribution in [0.3, 0.4) is 0 Å². The van der Waals surface area contributed by atoms with Crippen molar-refractivity contribution in [2.45, 2.75) is 26.3 Å². The van der Waals surface area contributed by atoms with Gasteiger partial charge in [0.05, 0.1) is 15.9 Å². The van der Waals surface area contributed by atoms with Crippen LogP contribution in [0, 0.1) is 12.8 Å². The molecular formula is C12H20BrN3S. The van der Waals surface area contributed by atoms with Crippen LogP contribution in [0.15, 0.2) is 4.47 Å². The number of hydrogen-bond donors (Lipinski definition) is 1. The summed E-state index contributed by atoms with van der Waals surface area (Å²) in [6, 6.07) is 0. The highest BCUT2D eigenvalue weighted by molar-refractivity contribution is 9.10. The lowest BCUT2D eigenvalue weighted by Crippen LogP contribution is -2.26. The lowest BCUT2D eigenvalue weighted by atomic mass is 10.0. The highest BCUT2D eigenvalue weighted by atomic mass is 79.9. The molecule has 0 amide bonds. The summed E-state index contributed by atoms with van der Waals surface area (Å²) in [5, 5.41) is 7.97. The van der Waals surface area contributed by atoms with E-state index in [1.54, 1.807) is 0 Å². The molecule has 1 aliphatic heterocycles. The fourth-order valence-electron chi connectivity index (χ4n) is 2.22. The van der Waals surface area contributed by atoms with Crippen molar-refractivity contribution in [1.82, 2.24) is 15.1 Å². The van der Waals surface area contributed by atoms with Crippen molar-refractivity contribution >= 4 is 27.7 Å². The van der Waals surface area contributed by atoms with E-state index in [-0.39, 0.29) is 0 Å². The molecular weight excluding hydrogens is 298 g/mol. The maximum absolute atomic E-state index is 4.40. The average molecular weight is 318 g/mol. The molecule has 3 nitrogen and oxygen atoms in total. The van der Waals surface area contributed by atoms with E-state index in [1.165, 1.54) is 30.0 Å². The summed E-state index contributed by atoms with van der Waals surface area (Å²) < 4.78 is 3.11. The summed E-state index contributed by atoms with van der Waals surface area (Å²) in [5.74, 6) is 3.53. The van der Waals surface area contributed by atoms with Crippen molar-refractivity contribution in [3.63, 3.8) is 0 Å². The predicted molar refractivity (Wildman–Crippen MR) is 77.4 cm³/mol. The molecule has 0 radical (unpaired) electrons. The third-order valence-corrected chi connectivity index (χ3v) is 5.41. The smallest absolute Gasteiger partial charge is 0.0739 e. The Hall–Kier alpha value is -0.000000000000000111. The van der Waals surface area contributed by atoms with Gasteiger partial charge in [-0.15, -0.1) is 0 Å². The van der Waals surface area contributed by atoms with Gasteiger partial charge in [-0.25, -0.2) is 0 Å². The molecule has 1 saturated heterocycles. The molecule has 0 spiro atoms. The monoisotopic (exact) mass is 317 g/mol. The molecule has 5 heteroatoms. The molecule has 0 atom stereocenters. The standard InChI is InChI=1S/C12H20BrN3S/c1-9-12(13)11(16(2)15-9)8-14-7-10-3-5-17-6-4-10/h10,14H,3-8H2,1-2H3. The SMILES string of the molecule is Cc1nn(C)c(CNCC2CCSCC2)c1Br. The molecule has 0 bridgehead atoms. The third kappa shape index (κ3) is 3.48. The van der Waals surface area contributed by atoms with E-state index in [0.717, 1.165) is 29.2 Å². The maximum Gasteiger partial charge on any atom is 0.0739 e. The Morgan fingerprint density at radius 1 is 1.47 bits per heavy atom. The van der Waals surface area contributed by atoms with Crippen LogP contribution in [-0.2, 0) is 13.6 Å². The first-order chi connectivity index (χ1) is 8.18. The molecule has 17 heavy (non-hydrogen) atoms. The number of thioether (sulfide) groups is 1. The first-order valence-corrected chi connectivity index (χ1v) is 8.09. The second kappa shape index (κ2) is 6.25. The fraction of sp³-hybridized carbons (Fsp3) is 0.750. The molecule has 96 valence electrons. The molecule has 0 unspecified atom stereocenters. The minimum absolute atomic E-state index is 0.865. The Bertz CT molecular complexity index is 372. The van der Waals surface area contributed by atoms with E-state index >= 15 is 0 Å². The van der Waals surface area contributed by atoms with Crippen molar-refractivity contribution in [2.24, 2.45) is 13.0 Å². The molecule has 1 aromatic heterocycles. The van der Waals surface area contributed by atoms with Crippen molar-refractivity contribution in [2.75, 3.05) is 18.1 Å². The summed E-state index contributed by atoms with van der Waals surface area (Å²) in [5.41, 5.74) is 2.31. The van der Waals surface area contributed by atoms with Gasteiger partial charge in [0.15, 0.2) is 0 Å². The zero-order chi connectivity index (χ0) is 12.3. The van der Waals surface area contributed by atoms with E-state index in [1.807, 2.05) is 18.7 Å². The number of halogens is 1. The van der Waals surface area contributed by atoms with Crippen LogP contribution in [0.2, 0.25) is 0 Å². The van der Waals surface area contributed by atoms with Crippen molar-refractivity contribution in [1.29, 1.82) is 0 Å². The van der Waals surface area contributed by atoms with Crippen LogP contribution in [0.4, 0.5) is 0 Å². The Kier molecular flexibility index (Phi) is 4.94. The zero-order valence-corrected chi connectivity index (χ0v) is 12.9. The Labute approximate surface area is 116 Å². The summed E-state index contributed by atoms with van der Waals surface area (Å²) in [7, 11) is 2.01. The molecule has 2 heterocycles. The van der Waals surface area contributed by atoms with Crippen molar-refractivity contribution in [3.05, 3.63) is 15.9 Å². The van der Waals surface area contributed by atoms with Gasteiger partial charge in [0.1, 0.15) is 0 Å². The number of aryl methyl sites for hydroxylation is 2. The number of rotatable bonds is 4. The molecule has 1 N–H and O–H groups in total. The highest BCUT2D eigenvalue weighted by Gasteiger charge is 2.14. The van der Waals surface area contributed by atoms with Crippen LogP contribution >= 0.6 is 27.7 Å². The third-order valence-electron chi connectivity index (χ3n) is 3.33. The second-order valence-electron chi connectivity index (χ2n) is 4.66. The topological polar surface area (TPSA) is 29.9 Å². The second-order valence-corrected chi connectivity index (χ2v) is 6.67. The van der Waals surface area contributed by atoms with Gasteiger partial charge in [0, 0.05) is 13.6 Å². The van der Waals surface area contributed by atoms with E-state index in [0.29, 0.717) is 0 Å². The minimum Gasteiger partial charge on any atom is -0.311 e. The van der Waals surface area contributed by atoms with Crippen LogP contribution in [0.5, 0.6) is 0 Å². The fourth-order valence-corrected chi connectivity index (χ4v) is 3.90. The van der Waals surface area contributed by atoms with Gasteiger partial charge in [0.2, 0.25) is 0 Å². The lowest BCUT2D eigenvalue weighted by Gasteiger charge is -2.21. The molecule has 0 aromatic carbocycles. The van der Waals surface area contributed by atoms with E-state index in [2.05, 4.69) is 38.1 Å². The summed E-state index contributed by atoms with van der Waals surface area (Å²) in [6.45, 7) is 4.07. The number of aromatic nitrogens is 2. The zero-order valence-electron chi connectivity index (χ0n) is 10.5. The normalized spacial score (nSPS) is 17.6. The minimum atomic E-state index is 0.865. The van der Waals surface area contributed by atoms with Crippen molar-refractivity contribution in [3.8, 4) is 0 Å². The summed E-state index contributed by atoms with van der Waals surface area (Å²) in [6.07, 6.45) is 2.73. The number of nitrogens with one attached hydrogen (secondary N) is 1. The largest absolute Gasteiger partial charge is 0.311 e. The van der Waals surface area contributed by atoms with Gasteiger partial charge in [-0.2, -0.15) is 16.9 Å². The first kappa shape index (κ1) is 13.4. The molecule has 1 aliphatic rings. The summed E-state index contributed by atoms with van der Waals surface area (Å²) >= 11 is 5.69. The molecule has 0 saturated carbocycles. The average Bonchev–Trinajstić information content (AvgIpc) is 2.57. The molecule has 1 fully saturated rings. The van der Waals surface area contributed by atoms with E-state index < -0.39 is 0 Å². The number of nitrogens with zero attached hydrogens (tertiary/aromatic N) is 2. The lowest BCUT2D eigenvalue weighted by molar-refractivity contribution is 0.442. The van der Waals surface area contributed by atoms with Gasteiger partial charge in [-0.1, -0.05) is 0 Å². The van der Waals surface area contributed by atoms with Crippen LogP contribution in [-0.4, -0.2) is 27.8 Å². The van der Waals surface area contributed by atoms with Crippen molar-refractivity contribution < 1.29 is 0 Å². The summed E-state index contributed by atoms with van der Waals surface area (Å²) in [4.78, 5) is 0. The molecule has 1 aromatic rings. The quantitative estimate of drug-likeness (QED) is 0.926. The van der Waals surface area contributed by atoms with Crippen LogP contribution < -0.4 is 5.32 Å². The van der Waals surface area contributed by atoms with E-state index in [9.17, 15) is 0 Å². The van der Waals surface area contributed by atoms with Gasteiger partial charge >= 0.3 is 0 Å². The first-order valence-electron chi connectivity index (χ1n) is 6.15. The van der Waals surface area contributed by atoms with Gasteiger partial charge in [0.25, 0.3) is 0 Å². The Balaban J connectivity index is 1.81. The maximum atomic E-state index is 4.40. The molecule has 0 aliphatic carbocycles. The Morgan fingerprint density at radius 2 is 2.18 bits per heavy atom. The van der Waals surface area contributed by atoms with Crippen LogP contribution in [0.1, 0.15) is 24.2 Å². The van der Waals surface area contributed by atoms with Crippen LogP contribution in [0.25, 0.3) is 0 Å². The van der Waals surface area contributed by atoms with Gasteiger partial charge in [-0.3, -0.25) is 4.68 Å². The van der Waals surface area contributed by atoms with E-state index in [4.69, 9.17) is 0 Å². The predicted octanol–water partition coefficient (Wildman–Crippen LogP) is 2.72. The Morgan fingerprint density at radius 3 is 2.76 bits per heavy atom. The van der Waals surface area contributed by atoms with Gasteiger partial charge in [-0.05, 0) is 59.7 Å².